The van der Waals surface area contributed by atoms with Gasteiger partial charge in [0, 0.05) is 33.0 Å². The third-order valence-corrected chi connectivity index (χ3v) is 9.05. The molecule has 236 valence electrons. The topological polar surface area (TPSA) is 72.0 Å². The average Bonchev–Trinajstić information content (AvgIpc) is 3.56. The molecule has 9 rings (SSSR count). The van der Waals surface area contributed by atoms with Crippen molar-refractivity contribution in [3.8, 4) is 73.3 Å². The molecule has 7 aromatic carbocycles. The van der Waals surface area contributed by atoms with Crippen molar-refractivity contribution in [2.75, 3.05) is 0 Å². The molecule has 0 aliphatic heterocycles. The number of hydrogen-bond acceptors (Lipinski definition) is 5. The third-order valence-electron chi connectivity index (χ3n) is 9.05. The molecule has 50 heavy (non-hydrogen) atoms. The van der Waals surface area contributed by atoms with E-state index in [1.165, 1.54) is 0 Å². The molecule has 0 saturated heterocycles. The number of para-hydroxylation sites is 1. The molecule has 0 saturated carbocycles. The van der Waals surface area contributed by atoms with Gasteiger partial charge >= 0.3 is 0 Å². The minimum Gasteiger partial charge on any atom is -0.507 e. The van der Waals surface area contributed by atoms with Crippen LogP contribution in [0, 0.1) is 0 Å². The van der Waals surface area contributed by atoms with Crippen LogP contribution < -0.4 is 0 Å². The highest BCUT2D eigenvalue weighted by molar-refractivity contribution is 6.06. The maximum atomic E-state index is 11.8. The molecule has 0 bridgehead atoms. The first-order chi connectivity index (χ1) is 24.7. The van der Waals surface area contributed by atoms with Crippen LogP contribution in [0.1, 0.15) is 0 Å². The number of nitrogens with zero attached hydrogens (tertiary/aromatic N) is 3. The fraction of sp³-hybridized carbons (Fsp3) is 0. The van der Waals surface area contributed by atoms with Crippen molar-refractivity contribution in [1.82, 2.24) is 15.0 Å². The molecule has 5 nitrogen and oxygen atoms in total. The predicted octanol–water partition coefficient (Wildman–Crippen LogP) is 11.5. The summed E-state index contributed by atoms with van der Waals surface area (Å²) in [5.41, 5.74) is 9.62. The maximum Gasteiger partial charge on any atom is 0.164 e. The van der Waals surface area contributed by atoms with E-state index in [0.717, 1.165) is 60.9 Å². The Balaban J connectivity index is 1.25. The lowest BCUT2D eigenvalue weighted by Crippen LogP contribution is -2.01. The fourth-order valence-corrected chi connectivity index (χ4v) is 6.57. The second-order valence-electron chi connectivity index (χ2n) is 12.2. The summed E-state index contributed by atoms with van der Waals surface area (Å²) in [6.07, 6.45) is 0. The number of phenolic OH excluding ortho intramolecular Hbond substituents is 1. The van der Waals surface area contributed by atoms with Gasteiger partial charge in [0.2, 0.25) is 0 Å². The molecular formula is C45H29N3O2. The molecule has 0 aliphatic rings. The summed E-state index contributed by atoms with van der Waals surface area (Å²) >= 11 is 0. The number of phenols is 1. The largest absolute Gasteiger partial charge is 0.507 e. The van der Waals surface area contributed by atoms with E-state index in [0.29, 0.717) is 28.6 Å². The van der Waals surface area contributed by atoms with Gasteiger partial charge < -0.3 is 9.52 Å². The Hall–Kier alpha value is -6.85. The average molecular weight is 644 g/mol. The van der Waals surface area contributed by atoms with Crippen LogP contribution in [0.5, 0.6) is 5.75 Å². The summed E-state index contributed by atoms with van der Waals surface area (Å²) < 4.78 is 6.10. The summed E-state index contributed by atoms with van der Waals surface area (Å²) in [5, 5.41) is 13.9. The molecule has 9 aromatic rings. The lowest BCUT2D eigenvalue weighted by molar-refractivity contribution is 0.477. The number of fused-ring (bicyclic) bond motifs is 3. The molecular weight excluding hydrogens is 615 g/mol. The van der Waals surface area contributed by atoms with E-state index in [2.05, 4.69) is 42.5 Å². The molecule has 2 aromatic heterocycles. The molecule has 2 heterocycles. The second kappa shape index (κ2) is 12.3. The molecule has 1 N–H and O–H groups in total. The van der Waals surface area contributed by atoms with Gasteiger partial charge in [-0.05, 0) is 58.1 Å². The highest BCUT2D eigenvalue weighted by Gasteiger charge is 2.20. The summed E-state index contributed by atoms with van der Waals surface area (Å²) in [6.45, 7) is 0. The molecule has 0 radical (unpaired) electrons. The van der Waals surface area contributed by atoms with Crippen molar-refractivity contribution in [3.63, 3.8) is 0 Å². The molecule has 0 amide bonds. The standard InChI is InChI=1S/C45H29N3O2/c49-39-28-35(34-24-25-41-37(26-34)36-18-10-11-19-40(36)50-41)27-38(42(39)31-14-6-2-7-15-31)45-47-43(32-16-8-3-9-17-32)46-44(48-45)33-22-20-30(21-23-33)29-12-4-1-5-13-29/h1-28,49H. The molecule has 5 heteroatoms. The summed E-state index contributed by atoms with van der Waals surface area (Å²) in [7, 11) is 0. The molecule has 0 atom stereocenters. The van der Waals surface area contributed by atoms with Crippen LogP contribution in [-0.2, 0) is 0 Å². The van der Waals surface area contributed by atoms with E-state index in [1.54, 1.807) is 0 Å². The first-order valence-electron chi connectivity index (χ1n) is 16.5. The fourth-order valence-electron chi connectivity index (χ4n) is 6.57. The van der Waals surface area contributed by atoms with E-state index in [9.17, 15) is 5.11 Å². The van der Waals surface area contributed by atoms with Crippen LogP contribution in [0.25, 0.3) is 89.5 Å². The third kappa shape index (κ3) is 5.37. The molecule has 0 aliphatic carbocycles. The summed E-state index contributed by atoms with van der Waals surface area (Å²) in [5.74, 6) is 1.69. The van der Waals surface area contributed by atoms with Crippen molar-refractivity contribution in [1.29, 1.82) is 0 Å². The van der Waals surface area contributed by atoms with Crippen molar-refractivity contribution in [2.45, 2.75) is 0 Å². The Bertz CT molecular complexity index is 2630. The minimum atomic E-state index is 0.135. The highest BCUT2D eigenvalue weighted by Crippen LogP contribution is 2.43. The van der Waals surface area contributed by atoms with Crippen molar-refractivity contribution < 1.29 is 9.52 Å². The van der Waals surface area contributed by atoms with Crippen LogP contribution in [0.2, 0.25) is 0 Å². The molecule has 0 unspecified atom stereocenters. The van der Waals surface area contributed by atoms with Crippen LogP contribution >= 0.6 is 0 Å². The van der Waals surface area contributed by atoms with Crippen molar-refractivity contribution >= 4 is 21.9 Å². The second-order valence-corrected chi connectivity index (χ2v) is 12.2. The lowest BCUT2D eigenvalue weighted by atomic mass is 9.92. The zero-order valence-electron chi connectivity index (χ0n) is 26.9. The SMILES string of the molecule is Oc1cc(-c2ccc3oc4ccccc4c3c2)cc(-c2nc(-c3ccccc3)nc(-c3ccc(-c4ccccc4)cc3)n2)c1-c1ccccc1. The Morgan fingerprint density at radius 1 is 0.360 bits per heavy atom. The minimum absolute atomic E-state index is 0.135. The quantitative estimate of drug-likeness (QED) is 0.195. The van der Waals surface area contributed by atoms with E-state index in [4.69, 9.17) is 19.4 Å². The van der Waals surface area contributed by atoms with Crippen LogP contribution in [0.3, 0.4) is 0 Å². The Morgan fingerprint density at radius 2 is 0.860 bits per heavy atom. The van der Waals surface area contributed by atoms with Gasteiger partial charge in [-0.25, -0.2) is 15.0 Å². The first-order valence-corrected chi connectivity index (χ1v) is 16.5. The summed E-state index contributed by atoms with van der Waals surface area (Å²) in [4.78, 5) is 15.1. The van der Waals surface area contributed by atoms with Crippen LogP contribution in [0.15, 0.2) is 174 Å². The van der Waals surface area contributed by atoms with E-state index in [1.807, 2.05) is 127 Å². The summed E-state index contributed by atoms with van der Waals surface area (Å²) in [6, 6.07) is 56.4. The number of aromatic hydroxyl groups is 1. The van der Waals surface area contributed by atoms with E-state index in [-0.39, 0.29) is 5.75 Å². The van der Waals surface area contributed by atoms with E-state index < -0.39 is 0 Å². The lowest BCUT2D eigenvalue weighted by Gasteiger charge is -2.16. The number of benzene rings is 7. The maximum absolute atomic E-state index is 11.8. The number of rotatable bonds is 6. The van der Waals surface area contributed by atoms with Crippen molar-refractivity contribution in [3.05, 3.63) is 170 Å². The Labute approximate surface area is 288 Å². The Kier molecular flexibility index (Phi) is 7.21. The van der Waals surface area contributed by atoms with Gasteiger partial charge in [0.1, 0.15) is 16.9 Å². The van der Waals surface area contributed by atoms with Gasteiger partial charge in [-0.3, -0.25) is 0 Å². The first kappa shape index (κ1) is 29.3. The van der Waals surface area contributed by atoms with Crippen LogP contribution in [-0.4, -0.2) is 20.1 Å². The van der Waals surface area contributed by atoms with E-state index >= 15 is 0 Å². The smallest absolute Gasteiger partial charge is 0.164 e. The highest BCUT2D eigenvalue weighted by atomic mass is 16.3. The molecule has 0 spiro atoms. The predicted molar refractivity (Wildman–Crippen MR) is 201 cm³/mol. The zero-order valence-corrected chi connectivity index (χ0v) is 26.9. The monoisotopic (exact) mass is 643 g/mol. The van der Waals surface area contributed by atoms with Gasteiger partial charge in [-0.2, -0.15) is 0 Å². The van der Waals surface area contributed by atoms with Crippen molar-refractivity contribution in [2.24, 2.45) is 0 Å². The number of hydrogen-bond donors (Lipinski definition) is 1. The van der Waals surface area contributed by atoms with Gasteiger partial charge in [0.15, 0.2) is 17.5 Å². The number of furan rings is 1. The van der Waals surface area contributed by atoms with Gasteiger partial charge in [0.25, 0.3) is 0 Å². The normalized spacial score (nSPS) is 11.3. The van der Waals surface area contributed by atoms with Crippen LogP contribution in [0.4, 0.5) is 0 Å². The Morgan fingerprint density at radius 3 is 1.56 bits per heavy atom. The van der Waals surface area contributed by atoms with Gasteiger partial charge in [0.05, 0.1) is 0 Å². The van der Waals surface area contributed by atoms with Gasteiger partial charge in [-0.1, -0.05) is 140 Å². The number of aromatic nitrogens is 3. The zero-order chi connectivity index (χ0) is 33.4. The molecule has 0 fully saturated rings. The van der Waals surface area contributed by atoms with Gasteiger partial charge in [-0.15, -0.1) is 0 Å².